The monoisotopic (exact) mass is 222 g/mol. The van der Waals surface area contributed by atoms with E-state index in [0.717, 1.165) is 44.2 Å². The molecule has 0 unspecified atom stereocenters. The fourth-order valence-corrected chi connectivity index (χ4v) is 1.58. The van der Waals surface area contributed by atoms with Crippen LogP contribution in [0, 0.1) is 6.92 Å². The van der Waals surface area contributed by atoms with E-state index in [1.807, 2.05) is 13.0 Å². The Morgan fingerprint density at radius 1 is 1.31 bits per heavy atom. The van der Waals surface area contributed by atoms with E-state index in [1.165, 1.54) is 0 Å². The Kier molecular flexibility index (Phi) is 5.78. The SMILES string of the molecule is CCN(CC)CCCNc1nccc(C)n1. The van der Waals surface area contributed by atoms with Crippen LogP contribution in [0.25, 0.3) is 0 Å². The minimum absolute atomic E-state index is 0.736. The van der Waals surface area contributed by atoms with Crippen molar-refractivity contribution < 1.29 is 0 Å². The van der Waals surface area contributed by atoms with Crippen LogP contribution < -0.4 is 5.32 Å². The molecule has 0 saturated heterocycles. The molecular weight excluding hydrogens is 200 g/mol. The fraction of sp³-hybridized carbons (Fsp3) is 0.667. The summed E-state index contributed by atoms with van der Waals surface area (Å²) in [5.74, 6) is 0.736. The van der Waals surface area contributed by atoms with E-state index in [9.17, 15) is 0 Å². The predicted molar refractivity (Wildman–Crippen MR) is 67.7 cm³/mol. The van der Waals surface area contributed by atoms with Crippen LogP contribution in [-0.4, -0.2) is 41.0 Å². The van der Waals surface area contributed by atoms with Gasteiger partial charge in [0.05, 0.1) is 0 Å². The minimum atomic E-state index is 0.736. The number of nitrogens with zero attached hydrogens (tertiary/aromatic N) is 3. The van der Waals surface area contributed by atoms with Gasteiger partial charge in [0.2, 0.25) is 5.95 Å². The molecule has 0 aliphatic carbocycles. The third kappa shape index (κ3) is 4.57. The average molecular weight is 222 g/mol. The first kappa shape index (κ1) is 12.9. The highest BCUT2D eigenvalue weighted by Crippen LogP contribution is 1.99. The van der Waals surface area contributed by atoms with Gasteiger partial charge in [0.15, 0.2) is 0 Å². The molecule has 0 aromatic carbocycles. The Balaban J connectivity index is 2.20. The Morgan fingerprint density at radius 3 is 2.69 bits per heavy atom. The zero-order chi connectivity index (χ0) is 11.8. The van der Waals surface area contributed by atoms with Crippen molar-refractivity contribution in [3.8, 4) is 0 Å². The topological polar surface area (TPSA) is 41.0 Å². The van der Waals surface area contributed by atoms with E-state index in [0.29, 0.717) is 0 Å². The van der Waals surface area contributed by atoms with Crippen LogP contribution in [0.4, 0.5) is 5.95 Å². The summed E-state index contributed by atoms with van der Waals surface area (Å²) in [6.07, 6.45) is 2.91. The van der Waals surface area contributed by atoms with Crippen molar-refractivity contribution in [2.75, 3.05) is 31.5 Å². The lowest BCUT2D eigenvalue weighted by Gasteiger charge is -2.17. The van der Waals surface area contributed by atoms with Crippen molar-refractivity contribution in [3.05, 3.63) is 18.0 Å². The molecule has 0 bridgehead atoms. The molecule has 0 aliphatic heterocycles. The van der Waals surface area contributed by atoms with Crippen LogP contribution in [0.5, 0.6) is 0 Å². The second-order valence-corrected chi connectivity index (χ2v) is 3.83. The Labute approximate surface area is 98.1 Å². The van der Waals surface area contributed by atoms with Crippen LogP contribution in [0.2, 0.25) is 0 Å². The molecule has 1 N–H and O–H groups in total. The molecule has 1 rings (SSSR count). The molecule has 1 aromatic rings. The van der Waals surface area contributed by atoms with Crippen molar-refractivity contribution in [2.24, 2.45) is 0 Å². The van der Waals surface area contributed by atoms with Crippen molar-refractivity contribution in [1.29, 1.82) is 0 Å². The molecule has 16 heavy (non-hydrogen) atoms. The van der Waals surface area contributed by atoms with Crippen molar-refractivity contribution in [1.82, 2.24) is 14.9 Å². The van der Waals surface area contributed by atoms with Gasteiger partial charge in [-0.05, 0) is 39.0 Å². The summed E-state index contributed by atoms with van der Waals surface area (Å²) in [6, 6.07) is 1.90. The summed E-state index contributed by atoms with van der Waals surface area (Å²) in [5, 5.41) is 3.24. The van der Waals surface area contributed by atoms with Crippen LogP contribution in [-0.2, 0) is 0 Å². The number of aryl methyl sites for hydroxylation is 1. The number of aromatic nitrogens is 2. The highest BCUT2D eigenvalue weighted by atomic mass is 15.1. The molecule has 0 fully saturated rings. The summed E-state index contributed by atoms with van der Waals surface area (Å²) in [7, 11) is 0. The first-order valence-corrected chi connectivity index (χ1v) is 6.02. The van der Waals surface area contributed by atoms with Gasteiger partial charge in [0.1, 0.15) is 0 Å². The van der Waals surface area contributed by atoms with Gasteiger partial charge >= 0.3 is 0 Å². The first-order valence-electron chi connectivity index (χ1n) is 6.02. The van der Waals surface area contributed by atoms with Gasteiger partial charge < -0.3 is 10.2 Å². The van der Waals surface area contributed by atoms with Crippen molar-refractivity contribution in [2.45, 2.75) is 27.2 Å². The van der Waals surface area contributed by atoms with Gasteiger partial charge in [-0.2, -0.15) is 0 Å². The Morgan fingerprint density at radius 2 is 2.06 bits per heavy atom. The van der Waals surface area contributed by atoms with Crippen LogP contribution in [0.15, 0.2) is 12.3 Å². The highest BCUT2D eigenvalue weighted by molar-refractivity contribution is 5.24. The predicted octanol–water partition coefficient (Wildman–Crippen LogP) is 1.93. The van der Waals surface area contributed by atoms with E-state index in [1.54, 1.807) is 6.20 Å². The third-order valence-electron chi connectivity index (χ3n) is 2.62. The smallest absolute Gasteiger partial charge is 0.222 e. The fourth-order valence-electron chi connectivity index (χ4n) is 1.58. The number of anilines is 1. The van der Waals surface area contributed by atoms with Gasteiger partial charge in [0, 0.05) is 18.4 Å². The maximum absolute atomic E-state index is 4.29. The zero-order valence-corrected chi connectivity index (χ0v) is 10.5. The number of hydrogen-bond donors (Lipinski definition) is 1. The largest absolute Gasteiger partial charge is 0.354 e. The van der Waals surface area contributed by atoms with Crippen LogP contribution in [0.3, 0.4) is 0 Å². The molecule has 90 valence electrons. The van der Waals surface area contributed by atoms with E-state index < -0.39 is 0 Å². The normalized spacial score (nSPS) is 10.8. The quantitative estimate of drug-likeness (QED) is 0.716. The standard InChI is InChI=1S/C12H22N4/c1-4-16(5-2)10-6-8-13-12-14-9-7-11(3)15-12/h7,9H,4-6,8,10H2,1-3H3,(H,13,14,15). The molecule has 0 radical (unpaired) electrons. The average Bonchev–Trinajstić information content (AvgIpc) is 2.29. The van der Waals surface area contributed by atoms with Gasteiger partial charge in [-0.25, -0.2) is 9.97 Å². The molecule has 0 atom stereocenters. The minimum Gasteiger partial charge on any atom is -0.354 e. The third-order valence-corrected chi connectivity index (χ3v) is 2.62. The second kappa shape index (κ2) is 7.17. The molecule has 0 spiro atoms. The molecule has 4 nitrogen and oxygen atoms in total. The van der Waals surface area contributed by atoms with E-state index >= 15 is 0 Å². The summed E-state index contributed by atoms with van der Waals surface area (Å²) < 4.78 is 0. The molecule has 4 heteroatoms. The lowest BCUT2D eigenvalue weighted by molar-refractivity contribution is 0.303. The molecular formula is C12H22N4. The summed E-state index contributed by atoms with van der Waals surface area (Å²) >= 11 is 0. The summed E-state index contributed by atoms with van der Waals surface area (Å²) in [6.45, 7) is 10.7. The molecule has 0 amide bonds. The Hall–Kier alpha value is -1.16. The zero-order valence-electron chi connectivity index (χ0n) is 10.5. The maximum Gasteiger partial charge on any atom is 0.222 e. The van der Waals surface area contributed by atoms with E-state index in [4.69, 9.17) is 0 Å². The second-order valence-electron chi connectivity index (χ2n) is 3.83. The number of hydrogen-bond acceptors (Lipinski definition) is 4. The van der Waals surface area contributed by atoms with Crippen LogP contribution in [0.1, 0.15) is 26.0 Å². The summed E-state index contributed by atoms with van der Waals surface area (Å²) in [5.41, 5.74) is 1.00. The number of nitrogens with one attached hydrogen (secondary N) is 1. The van der Waals surface area contributed by atoms with E-state index in [2.05, 4.69) is 34.0 Å². The van der Waals surface area contributed by atoms with Gasteiger partial charge in [0.25, 0.3) is 0 Å². The maximum atomic E-state index is 4.29. The van der Waals surface area contributed by atoms with Crippen LogP contribution >= 0.6 is 0 Å². The lowest BCUT2D eigenvalue weighted by Crippen LogP contribution is -2.25. The van der Waals surface area contributed by atoms with Gasteiger partial charge in [-0.15, -0.1) is 0 Å². The first-order chi connectivity index (χ1) is 7.76. The van der Waals surface area contributed by atoms with Gasteiger partial charge in [-0.3, -0.25) is 0 Å². The molecule has 1 aromatic heterocycles. The van der Waals surface area contributed by atoms with E-state index in [-0.39, 0.29) is 0 Å². The number of rotatable bonds is 7. The lowest BCUT2D eigenvalue weighted by atomic mass is 10.3. The van der Waals surface area contributed by atoms with Crippen molar-refractivity contribution in [3.63, 3.8) is 0 Å². The highest BCUT2D eigenvalue weighted by Gasteiger charge is 1.99. The molecule has 0 aliphatic rings. The molecule has 1 heterocycles. The molecule has 0 saturated carbocycles. The summed E-state index contributed by atoms with van der Waals surface area (Å²) in [4.78, 5) is 10.9. The van der Waals surface area contributed by atoms with Gasteiger partial charge in [-0.1, -0.05) is 13.8 Å². The Bertz CT molecular complexity index is 297. The van der Waals surface area contributed by atoms with Crippen molar-refractivity contribution >= 4 is 5.95 Å².